The van der Waals surface area contributed by atoms with E-state index in [1.165, 1.54) is 0 Å². The summed E-state index contributed by atoms with van der Waals surface area (Å²) < 4.78 is 0. The molecule has 0 aromatic heterocycles. The topological polar surface area (TPSA) is 0 Å². The highest BCUT2D eigenvalue weighted by Crippen LogP contribution is 2.26. The summed E-state index contributed by atoms with van der Waals surface area (Å²) in [6, 6.07) is 0. The van der Waals surface area contributed by atoms with Crippen molar-refractivity contribution < 1.29 is 0 Å². The van der Waals surface area contributed by atoms with E-state index in [2.05, 4.69) is 0 Å². The second-order valence-corrected chi connectivity index (χ2v) is 3.77. The van der Waals surface area contributed by atoms with Gasteiger partial charge in [0.25, 0.3) is 0 Å². The Morgan fingerprint density at radius 1 is 1.62 bits per heavy atom. The molecule has 50 valence electrons. The third-order valence-electron chi connectivity index (χ3n) is 1.52. The van der Waals surface area contributed by atoms with Gasteiger partial charge in [0, 0.05) is 5.38 Å². The van der Waals surface area contributed by atoms with Gasteiger partial charge in [0.1, 0.15) is 0 Å². The van der Waals surface area contributed by atoms with Crippen molar-refractivity contribution in [1.82, 2.24) is 0 Å². The van der Waals surface area contributed by atoms with Gasteiger partial charge in [-0.3, -0.25) is 0 Å². The van der Waals surface area contributed by atoms with E-state index in [0.717, 1.165) is 6.42 Å². The Labute approximate surface area is 61.2 Å². The van der Waals surface area contributed by atoms with Gasteiger partial charge in [-0.05, 0) is 20.3 Å². The molecule has 0 aromatic rings. The van der Waals surface area contributed by atoms with Crippen LogP contribution in [0.2, 0.25) is 0 Å². The largest absolute Gasteiger partial charge is 0.121 e. The molecule has 0 saturated carbocycles. The van der Waals surface area contributed by atoms with E-state index in [1.54, 1.807) is 0 Å². The van der Waals surface area contributed by atoms with Crippen molar-refractivity contribution in [3.63, 3.8) is 0 Å². The van der Waals surface area contributed by atoms with Crippen LogP contribution >= 0.6 is 23.2 Å². The van der Waals surface area contributed by atoms with Crippen LogP contribution in [0.4, 0.5) is 0 Å². The quantitative estimate of drug-likeness (QED) is 0.537. The van der Waals surface area contributed by atoms with Crippen LogP contribution in [0.15, 0.2) is 0 Å². The summed E-state index contributed by atoms with van der Waals surface area (Å²) in [6.45, 7) is 5.90. The molecule has 0 aliphatic carbocycles. The maximum atomic E-state index is 5.92. The van der Waals surface area contributed by atoms with Gasteiger partial charge >= 0.3 is 0 Å². The van der Waals surface area contributed by atoms with Crippen LogP contribution in [0, 0.1) is 0 Å². The predicted octanol–water partition coefficient (Wildman–Crippen LogP) is 3.02. The SMILES string of the molecule is CCC(C)(Cl)C(C)Cl. The van der Waals surface area contributed by atoms with Crippen LogP contribution in [0.1, 0.15) is 27.2 Å². The van der Waals surface area contributed by atoms with E-state index in [9.17, 15) is 0 Å². The lowest BCUT2D eigenvalue weighted by molar-refractivity contribution is 0.595. The third-order valence-corrected chi connectivity index (χ3v) is 2.71. The first-order valence-corrected chi connectivity index (χ1v) is 3.65. The number of alkyl halides is 2. The molecule has 0 saturated heterocycles. The molecule has 0 bridgehead atoms. The van der Waals surface area contributed by atoms with Crippen molar-refractivity contribution in [2.45, 2.75) is 37.4 Å². The Bertz CT molecular complexity index is 66.9. The van der Waals surface area contributed by atoms with Crippen LogP contribution in [0.25, 0.3) is 0 Å². The monoisotopic (exact) mass is 154 g/mol. The molecule has 0 aliphatic rings. The summed E-state index contributed by atoms with van der Waals surface area (Å²) in [5, 5.41) is 0.0502. The Morgan fingerprint density at radius 2 is 2.00 bits per heavy atom. The maximum Gasteiger partial charge on any atom is 0.0576 e. The molecule has 0 aromatic carbocycles. The van der Waals surface area contributed by atoms with E-state index < -0.39 is 0 Å². The lowest BCUT2D eigenvalue weighted by atomic mass is 10.1. The second kappa shape index (κ2) is 2.93. The van der Waals surface area contributed by atoms with Crippen molar-refractivity contribution in [2.24, 2.45) is 0 Å². The highest BCUT2D eigenvalue weighted by molar-refractivity contribution is 6.32. The second-order valence-electron chi connectivity index (χ2n) is 2.25. The minimum Gasteiger partial charge on any atom is -0.121 e. The fraction of sp³-hybridized carbons (Fsp3) is 1.00. The minimum atomic E-state index is -0.221. The molecule has 2 heteroatoms. The molecule has 0 radical (unpaired) electrons. The number of rotatable bonds is 2. The zero-order valence-electron chi connectivity index (χ0n) is 5.54. The van der Waals surface area contributed by atoms with Crippen molar-refractivity contribution in [3.05, 3.63) is 0 Å². The number of halogens is 2. The average Bonchev–Trinajstić information content (AvgIpc) is 1.67. The van der Waals surface area contributed by atoms with E-state index in [1.807, 2.05) is 20.8 Å². The van der Waals surface area contributed by atoms with Crippen LogP contribution in [0.5, 0.6) is 0 Å². The number of hydrogen-bond acceptors (Lipinski definition) is 0. The van der Waals surface area contributed by atoms with Crippen LogP contribution in [0.3, 0.4) is 0 Å². The molecule has 0 nitrogen and oxygen atoms in total. The third kappa shape index (κ3) is 2.23. The first-order valence-electron chi connectivity index (χ1n) is 2.83. The van der Waals surface area contributed by atoms with E-state index in [0.29, 0.717) is 0 Å². The summed E-state index contributed by atoms with van der Waals surface area (Å²) in [5.74, 6) is 0. The van der Waals surface area contributed by atoms with Crippen LogP contribution < -0.4 is 0 Å². The van der Waals surface area contributed by atoms with Gasteiger partial charge in [-0.2, -0.15) is 0 Å². The Kier molecular flexibility index (Phi) is 3.14. The van der Waals surface area contributed by atoms with Crippen molar-refractivity contribution in [3.8, 4) is 0 Å². The highest BCUT2D eigenvalue weighted by atomic mass is 35.5. The normalized spacial score (nSPS) is 22.1. The molecule has 0 spiro atoms. The molecule has 0 rings (SSSR count). The van der Waals surface area contributed by atoms with Gasteiger partial charge in [-0.1, -0.05) is 6.92 Å². The molecule has 0 fully saturated rings. The van der Waals surface area contributed by atoms with Gasteiger partial charge in [0.15, 0.2) is 0 Å². The van der Waals surface area contributed by atoms with Gasteiger partial charge in [-0.15, -0.1) is 23.2 Å². The van der Waals surface area contributed by atoms with Gasteiger partial charge in [-0.25, -0.2) is 0 Å². The molecule has 0 heterocycles. The maximum absolute atomic E-state index is 5.92. The van der Waals surface area contributed by atoms with Gasteiger partial charge < -0.3 is 0 Å². The minimum absolute atomic E-state index is 0.0502. The Morgan fingerprint density at radius 3 is 2.00 bits per heavy atom. The first-order chi connectivity index (χ1) is 3.50. The molecule has 0 aliphatic heterocycles. The van der Waals surface area contributed by atoms with Crippen molar-refractivity contribution in [1.29, 1.82) is 0 Å². The summed E-state index contributed by atoms with van der Waals surface area (Å²) in [4.78, 5) is -0.221. The van der Waals surface area contributed by atoms with Crippen LogP contribution in [-0.4, -0.2) is 10.3 Å². The molecule has 8 heavy (non-hydrogen) atoms. The Balaban J connectivity index is 3.71. The molecular formula is C6H12Cl2. The molecule has 2 unspecified atom stereocenters. The van der Waals surface area contributed by atoms with E-state index in [4.69, 9.17) is 23.2 Å². The lowest BCUT2D eigenvalue weighted by Gasteiger charge is -2.21. The number of hydrogen-bond donors (Lipinski definition) is 0. The van der Waals surface area contributed by atoms with Gasteiger partial charge in [0.05, 0.1) is 4.87 Å². The summed E-state index contributed by atoms with van der Waals surface area (Å²) in [7, 11) is 0. The zero-order valence-corrected chi connectivity index (χ0v) is 7.05. The zero-order chi connectivity index (χ0) is 6.78. The summed E-state index contributed by atoms with van der Waals surface area (Å²) >= 11 is 11.7. The standard InChI is InChI=1S/C6H12Cl2/c1-4-6(3,8)5(2)7/h5H,4H2,1-3H3. The van der Waals surface area contributed by atoms with Gasteiger partial charge in [0.2, 0.25) is 0 Å². The average molecular weight is 155 g/mol. The Hall–Kier alpha value is 0.580. The van der Waals surface area contributed by atoms with E-state index >= 15 is 0 Å². The van der Waals surface area contributed by atoms with E-state index in [-0.39, 0.29) is 10.3 Å². The summed E-state index contributed by atoms with van der Waals surface area (Å²) in [6.07, 6.45) is 0.916. The fourth-order valence-electron chi connectivity index (χ4n) is 0.281. The molecule has 2 atom stereocenters. The first kappa shape index (κ1) is 8.58. The predicted molar refractivity (Wildman–Crippen MR) is 39.9 cm³/mol. The molecule has 0 N–H and O–H groups in total. The highest BCUT2D eigenvalue weighted by Gasteiger charge is 2.23. The molecule has 0 amide bonds. The molecular weight excluding hydrogens is 143 g/mol. The van der Waals surface area contributed by atoms with Crippen molar-refractivity contribution in [2.75, 3.05) is 0 Å². The fourth-order valence-corrected chi connectivity index (χ4v) is 0.436. The smallest absolute Gasteiger partial charge is 0.0576 e. The lowest BCUT2D eigenvalue weighted by Crippen LogP contribution is -2.25. The van der Waals surface area contributed by atoms with Crippen molar-refractivity contribution >= 4 is 23.2 Å². The summed E-state index contributed by atoms with van der Waals surface area (Å²) in [5.41, 5.74) is 0. The van der Waals surface area contributed by atoms with Crippen LogP contribution in [-0.2, 0) is 0 Å².